The molecule has 0 saturated carbocycles. The molecule has 0 spiro atoms. The summed E-state index contributed by atoms with van der Waals surface area (Å²) in [6.07, 6.45) is 4.88. The number of rotatable bonds is 1. The maximum atomic E-state index is 6.39. The number of hydrogen-bond donors (Lipinski definition) is 1. The minimum Gasteiger partial charge on any atom is -0.345 e. The highest BCUT2D eigenvalue weighted by molar-refractivity contribution is 7.15. The van der Waals surface area contributed by atoms with E-state index in [1.807, 2.05) is 11.3 Å². The molecular weight excluding hydrogens is 280 g/mol. The Morgan fingerprint density at radius 1 is 1.29 bits per heavy atom. The van der Waals surface area contributed by atoms with Crippen molar-refractivity contribution in [1.82, 2.24) is 9.88 Å². The van der Waals surface area contributed by atoms with Crippen LogP contribution in [0.5, 0.6) is 0 Å². The fraction of sp³-hybridized carbons (Fsp3) is 0.812. The first-order chi connectivity index (χ1) is 10.0. The van der Waals surface area contributed by atoms with Crippen molar-refractivity contribution in [1.29, 1.82) is 0 Å². The summed E-state index contributed by atoms with van der Waals surface area (Å²) in [4.78, 5) is 11.5. The number of nitrogens with two attached hydrogens (primary N) is 1. The first kappa shape index (κ1) is 14.0. The van der Waals surface area contributed by atoms with Gasteiger partial charge >= 0.3 is 0 Å². The predicted molar refractivity (Wildman–Crippen MR) is 88.0 cm³/mol. The molecule has 21 heavy (non-hydrogen) atoms. The Morgan fingerprint density at radius 3 is 3.00 bits per heavy atom. The number of nitrogens with zero attached hydrogens (tertiary/aromatic N) is 3. The summed E-state index contributed by atoms with van der Waals surface area (Å²) in [5.41, 5.74) is 7.96. The molecule has 2 fully saturated rings. The third-order valence-corrected chi connectivity index (χ3v) is 6.62. The van der Waals surface area contributed by atoms with Crippen LogP contribution in [0.3, 0.4) is 0 Å². The smallest absolute Gasteiger partial charge is 0.185 e. The van der Waals surface area contributed by atoms with Crippen molar-refractivity contribution in [2.45, 2.75) is 51.6 Å². The van der Waals surface area contributed by atoms with Crippen LogP contribution in [-0.4, -0.2) is 42.1 Å². The largest absolute Gasteiger partial charge is 0.345 e. The molecule has 5 heteroatoms. The van der Waals surface area contributed by atoms with Crippen LogP contribution in [0.25, 0.3) is 0 Å². The van der Waals surface area contributed by atoms with Gasteiger partial charge < -0.3 is 10.6 Å². The van der Waals surface area contributed by atoms with Crippen LogP contribution in [0.15, 0.2) is 0 Å². The Kier molecular flexibility index (Phi) is 3.28. The molecule has 4 nitrogen and oxygen atoms in total. The molecular formula is C16H26N4S. The zero-order valence-electron chi connectivity index (χ0n) is 13.1. The van der Waals surface area contributed by atoms with E-state index in [1.54, 1.807) is 0 Å². The van der Waals surface area contributed by atoms with Gasteiger partial charge in [0.2, 0.25) is 0 Å². The maximum absolute atomic E-state index is 6.39. The monoisotopic (exact) mass is 306 g/mol. The van der Waals surface area contributed by atoms with Crippen molar-refractivity contribution >= 4 is 16.5 Å². The molecule has 1 aliphatic carbocycles. The van der Waals surface area contributed by atoms with Crippen LogP contribution < -0.4 is 10.6 Å². The predicted octanol–water partition coefficient (Wildman–Crippen LogP) is 2.40. The van der Waals surface area contributed by atoms with Crippen LogP contribution in [0.1, 0.15) is 49.7 Å². The summed E-state index contributed by atoms with van der Waals surface area (Å²) >= 11 is 1.86. The molecule has 2 unspecified atom stereocenters. The highest BCUT2D eigenvalue weighted by Gasteiger charge is 2.36. The van der Waals surface area contributed by atoms with E-state index >= 15 is 0 Å². The summed E-state index contributed by atoms with van der Waals surface area (Å²) in [6, 6.07) is 0.938. The van der Waals surface area contributed by atoms with Crippen molar-refractivity contribution in [2.75, 3.05) is 31.1 Å². The van der Waals surface area contributed by atoms with Crippen LogP contribution in [0.2, 0.25) is 0 Å². The third-order valence-electron chi connectivity index (χ3n) is 5.33. The van der Waals surface area contributed by atoms with E-state index in [4.69, 9.17) is 10.7 Å². The Labute approximate surface area is 131 Å². The van der Waals surface area contributed by atoms with E-state index in [-0.39, 0.29) is 6.04 Å². The lowest BCUT2D eigenvalue weighted by molar-refractivity contribution is 0.231. The topological polar surface area (TPSA) is 45.4 Å². The van der Waals surface area contributed by atoms with Crippen LogP contribution in [0, 0.1) is 5.41 Å². The van der Waals surface area contributed by atoms with Crippen LogP contribution >= 0.6 is 11.3 Å². The van der Waals surface area contributed by atoms with E-state index in [0.717, 1.165) is 32.0 Å². The average Bonchev–Trinajstić information content (AvgIpc) is 3.01. The fourth-order valence-electron chi connectivity index (χ4n) is 4.28. The number of aromatic nitrogens is 1. The second-order valence-electron chi connectivity index (χ2n) is 7.74. The molecule has 1 aromatic heterocycles. The fourth-order valence-corrected chi connectivity index (χ4v) is 5.40. The molecule has 3 heterocycles. The van der Waals surface area contributed by atoms with Crippen molar-refractivity contribution in [3.8, 4) is 0 Å². The van der Waals surface area contributed by atoms with Gasteiger partial charge in [-0.1, -0.05) is 25.2 Å². The Hall–Kier alpha value is -0.650. The number of anilines is 1. The van der Waals surface area contributed by atoms with E-state index in [2.05, 4.69) is 23.6 Å². The van der Waals surface area contributed by atoms with E-state index in [9.17, 15) is 0 Å². The highest BCUT2D eigenvalue weighted by Crippen LogP contribution is 2.44. The molecule has 2 N–H and O–H groups in total. The lowest BCUT2D eigenvalue weighted by Crippen LogP contribution is -2.50. The third kappa shape index (κ3) is 2.49. The van der Waals surface area contributed by atoms with Crippen molar-refractivity contribution in [3.05, 3.63) is 10.6 Å². The van der Waals surface area contributed by atoms with Gasteiger partial charge in [0.1, 0.15) is 0 Å². The summed E-state index contributed by atoms with van der Waals surface area (Å²) in [7, 11) is 0. The lowest BCUT2D eigenvalue weighted by Gasteiger charge is -2.37. The molecule has 2 atom stereocenters. The standard InChI is InChI=1S/C16H26N4S/c1-16(2)8-12(17)14-13(9-16)18-15(21-14)20-7-6-19-5-3-4-11(19)10-20/h11-12H,3-10,17H2,1-2H3. The number of thiazole rings is 1. The van der Waals surface area contributed by atoms with Gasteiger partial charge in [-0.15, -0.1) is 0 Å². The summed E-state index contributed by atoms with van der Waals surface area (Å²) < 4.78 is 0. The molecule has 1 aromatic rings. The highest BCUT2D eigenvalue weighted by atomic mass is 32.1. The van der Waals surface area contributed by atoms with E-state index in [1.165, 1.54) is 41.6 Å². The summed E-state index contributed by atoms with van der Waals surface area (Å²) in [5, 5.41) is 1.22. The molecule has 116 valence electrons. The van der Waals surface area contributed by atoms with Gasteiger partial charge in [0.25, 0.3) is 0 Å². The maximum Gasteiger partial charge on any atom is 0.185 e. The average molecular weight is 306 g/mol. The van der Waals surface area contributed by atoms with Gasteiger partial charge in [0.15, 0.2) is 5.13 Å². The zero-order chi connectivity index (χ0) is 14.6. The number of fused-ring (bicyclic) bond motifs is 2. The van der Waals surface area contributed by atoms with Gasteiger partial charge in [-0.05, 0) is 37.6 Å². The quantitative estimate of drug-likeness (QED) is 0.865. The van der Waals surface area contributed by atoms with Gasteiger partial charge in [-0.2, -0.15) is 0 Å². The minimum absolute atomic E-state index is 0.183. The van der Waals surface area contributed by atoms with Gasteiger partial charge in [-0.25, -0.2) is 4.98 Å². The SMILES string of the molecule is CC1(C)Cc2nc(N3CCN4CCCC4C3)sc2C(N)C1. The first-order valence-corrected chi connectivity index (χ1v) is 9.08. The Morgan fingerprint density at radius 2 is 2.14 bits per heavy atom. The summed E-state index contributed by atoms with van der Waals surface area (Å²) in [6.45, 7) is 9.41. The van der Waals surface area contributed by atoms with Crippen LogP contribution in [-0.2, 0) is 6.42 Å². The molecule has 0 radical (unpaired) electrons. The Bertz CT molecular complexity index is 538. The summed E-state index contributed by atoms with van der Waals surface area (Å²) in [5.74, 6) is 0. The molecule has 0 aromatic carbocycles. The lowest BCUT2D eigenvalue weighted by atomic mass is 9.77. The normalized spacial score (nSPS) is 32.0. The minimum atomic E-state index is 0.183. The van der Waals surface area contributed by atoms with E-state index in [0.29, 0.717) is 5.41 Å². The van der Waals surface area contributed by atoms with Gasteiger partial charge in [0, 0.05) is 36.6 Å². The molecule has 2 saturated heterocycles. The van der Waals surface area contributed by atoms with Crippen molar-refractivity contribution in [2.24, 2.45) is 11.1 Å². The second-order valence-corrected chi connectivity index (χ2v) is 8.75. The molecule has 0 amide bonds. The molecule has 4 rings (SSSR count). The first-order valence-electron chi connectivity index (χ1n) is 8.26. The van der Waals surface area contributed by atoms with Gasteiger partial charge in [-0.3, -0.25) is 4.90 Å². The molecule has 3 aliphatic rings. The Balaban J connectivity index is 1.57. The number of piperazine rings is 1. The van der Waals surface area contributed by atoms with E-state index < -0.39 is 0 Å². The van der Waals surface area contributed by atoms with Gasteiger partial charge in [0.05, 0.1) is 5.69 Å². The van der Waals surface area contributed by atoms with Crippen molar-refractivity contribution in [3.63, 3.8) is 0 Å². The second kappa shape index (κ2) is 4.93. The molecule has 0 bridgehead atoms. The molecule has 2 aliphatic heterocycles. The van der Waals surface area contributed by atoms with Crippen molar-refractivity contribution < 1.29 is 0 Å². The zero-order valence-corrected chi connectivity index (χ0v) is 14.0. The van der Waals surface area contributed by atoms with Crippen LogP contribution in [0.4, 0.5) is 5.13 Å². The number of hydrogen-bond acceptors (Lipinski definition) is 5.